The Morgan fingerprint density at radius 2 is 2.33 bits per heavy atom. The van der Waals surface area contributed by atoms with Crippen molar-refractivity contribution in [3.8, 4) is 0 Å². The summed E-state index contributed by atoms with van der Waals surface area (Å²) in [5.41, 5.74) is 1.57. The number of para-hydroxylation sites is 1. The third kappa shape index (κ3) is 1.85. The van der Waals surface area contributed by atoms with E-state index in [9.17, 15) is 4.79 Å². The van der Waals surface area contributed by atoms with Gasteiger partial charge in [0.2, 0.25) is 0 Å². The van der Waals surface area contributed by atoms with Crippen LogP contribution in [0, 0.1) is 0 Å². The topological polar surface area (TPSA) is 41.0 Å². The number of H-pyrrole nitrogens is 1. The molecule has 2 heterocycles. The van der Waals surface area contributed by atoms with Crippen molar-refractivity contribution in [1.82, 2.24) is 14.5 Å². The van der Waals surface area contributed by atoms with Gasteiger partial charge in [-0.15, -0.1) is 0 Å². The molecule has 1 aromatic heterocycles. The lowest BCUT2D eigenvalue weighted by molar-refractivity contribution is 0.282. The van der Waals surface area contributed by atoms with Crippen molar-refractivity contribution in [3.05, 3.63) is 33.7 Å². The summed E-state index contributed by atoms with van der Waals surface area (Å²) >= 11 is 6.09. The Hall–Kier alpha value is -1.26. The third-order valence-corrected chi connectivity index (χ3v) is 4.14. The number of hydrogen-bond acceptors (Lipinski definition) is 2. The Kier molecular flexibility index (Phi) is 2.92. The molecule has 1 N–H and O–H groups in total. The summed E-state index contributed by atoms with van der Waals surface area (Å²) in [5, 5.41) is 0.600. The average Bonchev–Trinajstić information content (AvgIpc) is 2.87. The van der Waals surface area contributed by atoms with E-state index in [1.54, 1.807) is 10.6 Å². The second-order valence-electron chi connectivity index (χ2n) is 4.95. The largest absolute Gasteiger partial charge is 0.326 e. The number of halogens is 1. The first kappa shape index (κ1) is 11.8. The van der Waals surface area contributed by atoms with Crippen LogP contribution in [0.4, 0.5) is 0 Å². The summed E-state index contributed by atoms with van der Waals surface area (Å²) in [4.78, 5) is 17.2. The zero-order valence-corrected chi connectivity index (χ0v) is 11.1. The van der Waals surface area contributed by atoms with E-state index in [4.69, 9.17) is 11.6 Å². The average molecular weight is 266 g/mol. The molecule has 2 aromatic rings. The van der Waals surface area contributed by atoms with Crippen LogP contribution in [-0.2, 0) is 6.54 Å². The van der Waals surface area contributed by atoms with E-state index >= 15 is 0 Å². The minimum atomic E-state index is -0.0709. The van der Waals surface area contributed by atoms with Gasteiger partial charge in [0.25, 0.3) is 0 Å². The van der Waals surface area contributed by atoms with Crippen LogP contribution >= 0.6 is 11.6 Å². The van der Waals surface area contributed by atoms with Crippen LogP contribution < -0.4 is 5.69 Å². The van der Waals surface area contributed by atoms with E-state index in [1.807, 2.05) is 12.1 Å². The van der Waals surface area contributed by atoms with Crippen LogP contribution in [0.15, 0.2) is 23.0 Å². The van der Waals surface area contributed by atoms with Gasteiger partial charge < -0.3 is 9.88 Å². The molecular weight excluding hydrogens is 250 g/mol. The van der Waals surface area contributed by atoms with Crippen LogP contribution in [0.2, 0.25) is 5.02 Å². The Morgan fingerprint density at radius 3 is 3.06 bits per heavy atom. The fraction of sp³-hybridized carbons (Fsp3) is 0.462. The number of aromatic amines is 1. The van der Waals surface area contributed by atoms with Crippen molar-refractivity contribution in [1.29, 1.82) is 0 Å². The van der Waals surface area contributed by atoms with Crippen molar-refractivity contribution in [3.63, 3.8) is 0 Å². The molecule has 5 heteroatoms. The number of hydrogen-bond donors (Lipinski definition) is 1. The second-order valence-corrected chi connectivity index (χ2v) is 5.36. The molecule has 1 saturated heterocycles. The van der Waals surface area contributed by atoms with Crippen molar-refractivity contribution in [2.24, 2.45) is 0 Å². The van der Waals surface area contributed by atoms with Crippen molar-refractivity contribution >= 4 is 22.6 Å². The minimum absolute atomic E-state index is 0.0709. The van der Waals surface area contributed by atoms with E-state index in [0.717, 1.165) is 30.5 Å². The third-order valence-electron chi connectivity index (χ3n) is 3.82. The molecule has 4 nitrogen and oxygen atoms in total. The highest BCUT2D eigenvalue weighted by Crippen LogP contribution is 2.22. The molecule has 0 saturated carbocycles. The number of likely N-dealkylation sites (N-methyl/N-ethyl adjacent to an activating group) is 1. The van der Waals surface area contributed by atoms with Gasteiger partial charge in [0.05, 0.1) is 16.1 Å². The number of nitrogens with one attached hydrogen (secondary N) is 1. The van der Waals surface area contributed by atoms with Gasteiger partial charge >= 0.3 is 5.69 Å². The van der Waals surface area contributed by atoms with Gasteiger partial charge in [0.1, 0.15) is 0 Å². The Morgan fingerprint density at radius 1 is 1.50 bits per heavy atom. The smallest absolute Gasteiger partial charge is 0.304 e. The fourth-order valence-corrected chi connectivity index (χ4v) is 2.96. The highest BCUT2D eigenvalue weighted by Gasteiger charge is 2.22. The maximum Gasteiger partial charge on any atom is 0.326 e. The molecule has 0 aliphatic carbocycles. The number of rotatable bonds is 2. The molecule has 1 unspecified atom stereocenters. The lowest BCUT2D eigenvalue weighted by atomic mass is 10.2. The van der Waals surface area contributed by atoms with Crippen molar-refractivity contribution in [2.75, 3.05) is 13.6 Å². The first-order valence-electron chi connectivity index (χ1n) is 6.24. The molecule has 1 aliphatic heterocycles. The monoisotopic (exact) mass is 265 g/mol. The lowest BCUT2D eigenvalue weighted by Gasteiger charge is -2.19. The first-order chi connectivity index (χ1) is 8.66. The van der Waals surface area contributed by atoms with Crippen molar-refractivity contribution in [2.45, 2.75) is 25.4 Å². The zero-order chi connectivity index (χ0) is 12.7. The number of imidazole rings is 1. The van der Waals surface area contributed by atoms with E-state index in [0.29, 0.717) is 11.1 Å². The summed E-state index contributed by atoms with van der Waals surface area (Å²) in [6.07, 6.45) is 2.36. The Labute approximate surface area is 110 Å². The van der Waals surface area contributed by atoms with E-state index in [1.165, 1.54) is 6.42 Å². The van der Waals surface area contributed by atoms with Gasteiger partial charge in [-0.05, 0) is 38.6 Å². The number of likely N-dealkylation sites (tertiary alicyclic amines) is 1. The molecule has 1 aliphatic rings. The van der Waals surface area contributed by atoms with Crippen molar-refractivity contribution < 1.29 is 0 Å². The fourth-order valence-electron chi connectivity index (χ4n) is 2.75. The number of nitrogens with zero attached hydrogens (tertiary/aromatic N) is 2. The number of benzene rings is 1. The Balaban J connectivity index is 2.04. The lowest BCUT2D eigenvalue weighted by Crippen LogP contribution is -2.32. The van der Waals surface area contributed by atoms with Gasteiger partial charge in [-0.3, -0.25) is 4.57 Å². The van der Waals surface area contributed by atoms with Crippen LogP contribution in [0.3, 0.4) is 0 Å². The SMILES string of the molecule is CN1CCCC1Cn1c(=O)[nH]c2c(Cl)cccc21. The highest BCUT2D eigenvalue weighted by atomic mass is 35.5. The summed E-state index contributed by atoms with van der Waals surface area (Å²) in [6, 6.07) is 6.06. The standard InChI is InChI=1S/C13H16ClN3O/c1-16-7-3-4-9(16)8-17-11-6-2-5-10(14)12(11)15-13(17)18/h2,5-6,9H,3-4,7-8H2,1H3,(H,15,18). The molecule has 0 amide bonds. The number of aromatic nitrogens is 2. The number of fused-ring (bicyclic) bond motifs is 1. The molecule has 0 spiro atoms. The maximum atomic E-state index is 12.0. The van der Waals surface area contributed by atoms with Crippen LogP contribution in [-0.4, -0.2) is 34.1 Å². The van der Waals surface area contributed by atoms with E-state index in [2.05, 4.69) is 16.9 Å². The van der Waals surface area contributed by atoms with Gasteiger partial charge in [0, 0.05) is 12.6 Å². The zero-order valence-electron chi connectivity index (χ0n) is 10.3. The van der Waals surface area contributed by atoms with Crippen LogP contribution in [0.1, 0.15) is 12.8 Å². The maximum absolute atomic E-state index is 12.0. The van der Waals surface area contributed by atoms with Gasteiger partial charge in [-0.25, -0.2) is 4.79 Å². The van der Waals surface area contributed by atoms with Gasteiger partial charge in [-0.1, -0.05) is 17.7 Å². The summed E-state index contributed by atoms with van der Waals surface area (Å²) < 4.78 is 1.80. The quantitative estimate of drug-likeness (QED) is 0.903. The Bertz CT molecular complexity index is 631. The molecule has 1 aromatic carbocycles. The minimum Gasteiger partial charge on any atom is -0.304 e. The summed E-state index contributed by atoms with van der Waals surface area (Å²) in [7, 11) is 2.12. The second kappa shape index (κ2) is 4.44. The van der Waals surface area contributed by atoms with Gasteiger partial charge in [0.15, 0.2) is 0 Å². The predicted molar refractivity (Wildman–Crippen MR) is 73.2 cm³/mol. The molecular formula is C13H16ClN3O. The summed E-state index contributed by atoms with van der Waals surface area (Å²) in [5.74, 6) is 0. The summed E-state index contributed by atoms with van der Waals surface area (Å²) in [6.45, 7) is 1.85. The van der Waals surface area contributed by atoms with Gasteiger partial charge in [-0.2, -0.15) is 0 Å². The van der Waals surface area contributed by atoms with Crippen LogP contribution in [0.5, 0.6) is 0 Å². The molecule has 0 bridgehead atoms. The molecule has 1 fully saturated rings. The van der Waals surface area contributed by atoms with Crippen LogP contribution in [0.25, 0.3) is 11.0 Å². The first-order valence-corrected chi connectivity index (χ1v) is 6.62. The highest BCUT2D eigenvalue weighted by molar-refractivity contribution is 6.34. The van der Waals surface area contributed by atoms with E-state index < -0.39 is 0 Å². The molecule has 1 atom stereocenters. The molecule has 18 heavy (non-hydrogen) atoms. The predicted octanol–water partition coefficient (Wildman–Crippen LogP) is 2.08. The molecule has 96 valence electrons. The van der Waals surface area contributed by atoms with E-state index in [-0.39, 0.29) is 5.69 Å². The normalized spacial score (nSPS) is 20.9. The molecule has 0 radical (unpaired) electrons. The molecule has 3 rings (SSSR count).